The van der Waals surface area contributed by atoms with Gasteiger partial charge in [-0.15, -0.1) is 0 Å². The molecule has 0 fully saturated rings. The first kappa shape index (κ1) is 20.9. The average molecular weight is 412 g/mol. The summed E-state index contributed by atoms with van der Waals surface area (Å²) < 4.78 is 5.74. The molecule has 140 valence electrons. The number of nitrogens with one attached hydrogen (secondary N) is 1. The molecule has 0 heterocycles. The van der Waals surface area contributed by atoms with Crippen LogP contribution in [-0.2, 0) is 10.5 Å². The van der Waals surface area contributed by atoms with Crippen molar-refractivity contribution in [3.05, 3.63) is 63.1 Å². The van der Waals surface area contributed by atoms with E-state index in [1.54, 1.807) is 18.7 Å². The quantitative estimate of drug-likeness (QED) is 0.588. The summed E-state index contributed by atoms with van der Waals surface area (Å²) in [7, 11) is 0. The van der Waals surface area contributed by atoms with Gasteiger partial charge in [0.25, 0.3) is 5.91 Å². The fourth-order valence-corrected chi connectivity index (χ4v) is 3.45. The maximum Gasteiger partial charge on any atom is 0.260 e. The Morgan fingerprint density at radius 1 is 1.15 bits per heavy atom. The maximum atomic E-state index is 12.2. The molecule has 2 aromatic carbocycles. The van der Waals surface area contributed by atoms with E-state index in [9.17, 15) is 4.79 Å². The van der Waals surface area contributed by atoms with Crippen LogP contribution in [-0.4, -0.2) is 24.3 Å². The van der Waals surface area contributed by atoms with Crippen molar-refractivity contribution in [3.63, 3.8) is 0 Å². The number of halogens is 2. The van der Waals surface area contributed by atoms with Gasteiger partial charge in [-0.25, -0.2) is 0 Å². The Hall–Kier alpha value is -1.36. The SMILES string of the molecule is Cc1cc(O[C@H](C)C(=O)NCCSCc2ccc(Cl)cc2)cc(C)c1Cl. The summed E-state index contributed by atoms with van der Waals surface area (Å²) in [4.78, 5) is 12.2. The zero-order chi connectivity index (χ0) is 19.1. The number of thioether (sulfide) groups is 1. The Morgan fingerprint density at radius 2 is 1.77 bits per heavy atom. The van der Waals surface area contributed by atoms with Gasteiger partial charge >= 0.3 is 0 Å². The summed E-state index contributed by atoms with van der Waals surface area (Å²) in [5, 5.41) is 4.38. The maximum absolute atomic E-state index is 12.2. The summed E-state index contributed by atoms with van der Waals surface area (Å²) in [5.41, 5.74) is 3.09. The molecular weight excluding hydrogens is 389 g/mol. The second-order valence-electron chi connectivity index (χ2n) is 6.10. The summed E-state index contributed by atoms with van der Waals surface area (Å²) >= 11 is 13.8. The molecule has 0 aliphatic rings. The molecule has 0 bridgehead atoms. The number of rotatable bonds is 8. The molecule has 3 nitrogen and oxygen atoms in total. The van der Waals surface area contributed by atoms with E-state index in [0.717, 1.165) is 32.7 Å². The second-order valence-corrected chi connectivity index (χ2v) is 8.02. The smallest absolute Gasteiger partial charge is 0.260 e. The van der Waals surface area contributed by atoms with Gasteiger partial charge in [0.1, 0.15) is 5.75 Å². The fourth-order valence-electron chi connectivity index (χ4n) is 2.39. The van der Waals surface area contributed by atoms with E-state index in [1.165, 1.54) is 5.56 Å². The first-order valence-electron chi connectivity index (χ1n) is 8.40. The molecular formula is C20H23Cl2NO2S. The van der Waals surface area contributed by atoms with E-state index in [0.29, 0.717) is 12.3 Å². The molecule has 0 radical (unpaired) electrons. The van der Waals surface area contributed by atoms with Crippen LogP contribution in [0.1, 0.15) is 23.6 Å². The Morgan fingerprint density at radius 3 is 2.38 bits per heavy atom. The molecule has 6 heteroatoms. The van der Waals surface area contributed by atoms with Crippen molar-refractivity contribution in [2.24, 2.45) is 0 Å². The molecule has 2 aromatic rings. The highest BCUT2D eigenvalue weighted by atomic mass is 35.5. The lowest BCUT2D eigenvalue weighted by Crippen LogP contribution is -2.37. The summed E-state index contributed by atoms with van der Waals surface area (Å²) in [6.07, 6.45) is -0.559. The number of aryl methyl sites for hydroxylation is 2. The number of amides is 1. The summed E-state index contributed by atoms with van der Waals surface area (Å²) in [6.45, 7) is 6.19. The van der Waals surface area contributed by atoms with Crippen LogP contribution in [0.2, 0.25) is 10.0 Å². The lowest BCUT2D eigenvalue weighted by atomic mass is 10.1. The van der Waals surface area contributed by atoms with Gasteiger partial charge in [-0.05, 0) is 61.7 Å². The van der Waals surface area contributed by atoms with Crippen molar-refractivity contribution in [2.45, 2.75) is 32.6 Å². The predicted octanol–water partition coefficient (Wildman–Crippen LogP) is 5.43. The average Bonchev–Trinajstić information content (AvgIpc) is 2.60. The second kappa shape index (κ2) is 10.1. The fraction of sp³-hybridized carbons (Fsp3) is 0.350. The van der Waals surface area contributed by atoms with Crippen molar-refractivity contribution in [2.75, 3.05) is 12.3 Å². The number of hydrogen-bond donors (Lipinski definition) is 1. The molecule has 0 aliphatic carbocycles. The normalized spacial score (nSPS) is 11.9. The van der Waals surface area contributed by atoms with Crippen molar-refractivity contribution in [1.82, 2.24) is 5.32 Å². The minimum absolute atomic E-state index is 0.123. The third kappa shape index (κ3) is 6.42. The standard InChI is InChI=1S/C20H23Cl2NO2S/c1-13-10-18(11-14(2)19(13)22)25-15(3)20(24)23-8-9-26-12-16-4-6-17(21)7-5-16/h4-7,10-11,15H,8-9,12H2,1-3H3,(H,23,24)/t15-/m1/s1. The number of carbonyl (C=O) groups is 1. The van der Waals surface area contributed by atoms with E-state index < -0.39 is 6.10 Å². The summed E-state index contributed by atoms with van der Waals surface area (Å²) in [5.74, 6) is 2.26. The van der Waals surface area contributed by atoms with Crippen LogP contribution < -0.4 is 10.1 Å². The molecule has 0 unspecified atom stereocenters. The Balaban J connectivity index is 1.71. The molecule has 0 aromatic heterocycles. The van der Waals surface area contributed by atoms with Crippen molar-refractivity contribution in [1.29, 1.82) is 0 Å². The van der Waals surface area contributed by atoms with Crippen molar-refractivity contribution in [3.8, 4) is 5.75 Å². The molecule has 0 saturated carbocycles. The van der Waals surface area contributed by atoms with Gasteiger partial charge in [-0.3, -0.25) is 4.79 Å². The lowest BCUT2D eigenvalue weighted by molar-refractivity contribution is -0.127. The lowest BCUT2D eigenvalue weighted by Gasteiger charge is -2.16. The largest absolute Gasteiger partial charge is 0.481 e. The molecule has 0 spiro atoms. The Bertz CT molecular complexity index is 727. The number of hydrogen-bond acceptors (Lipinski definition) is 3. The minimum Gasteiger partial charge on any atom is -0.481 e. The van der Waals surface area contributed by atoms with Gasteiger partial charge in [0.05, 0.1) is 0 Å². The highest BCUT2D eigenvalue weighted by Crippen LogP contribution is 2.26. The zero-order valence-corrected chi connectivity index (χ0v) is 17.5. The minimum atomic E-state index is -0.559. The van der Waals surface area contributed by atoms with E-state index in [2.05, 4.69) is 5.32 Å². The van der Waals surface area contributed by atoms with Crippen LogP contribution in [0.25, 0.3) is 0 Å². The van der Waals surface area contributed by atoms with Gasteiger partial charge in [0.2, 0.25) is 0 Å². The van der Waals surface area contributed by atoms with Crippen molar-refractivity contribution < 1.29 is 9.53 Å². The monoisotopic (exact) mass is 411 g/mol. The molecule has 0 aliphatic heterocycles. The molecule has 0 saturated heterocycles. The number of benzene rings is 2. The van der Waals surface area contributed by atoms with E-state index >= 15 is 0 Å². The number of carbonyl (C=O) groups excluding carboxylic acids is 1. The predicted molar refractivity (Wildman–Crippen MR) is 112 cm³/mol. The van der Waals surface area contributed by atoms with Gasteiger partial charge in [0, 0.05) is 28.1 Å². The first-order valence-corrected chi connectivity index (χ1v) is 10.3. The first-order chi connectivity index (χ1) is 12.4. The van der Waals surface area contributed by atoms with Crippen LogP contribution in [0, 0.1) is 13.8 Å². The topological polar surface area (TPSA) is 38.3 Å². The van der Waals surface area contributed by atoms with Crippen LogP contribution >= 0.6 is 35.0 Å². The van der Waals surface area contributed by atoms with Gasteiger partial charge < -0.3 is 10.1 Å². The third-order valence-electron chi connectivity index (χ3n) is 3.82. The third-order valence-corrected chi connectivity index (χ3v) is 5.70. The van der Waals surface area contributed by atoms with Gasteiger partial charge in [-0.2, -0.15) is 11.8 Å². The van der Waals surface area contributed by atoms with Gasteiger partial charge in [-0.1, -0.05) is 35.3 Å². The van der Waals surface area contributed by atoms with Crippen LogP contribution in [0.4, 0.5) is 0 Å². The van der Waals surface area contributed by atoms with Crippen LogP contribution in [0.15, 0.2) is 36.4 Å². The van der Waals surface area contributed by atoms with E-state index in [1.807, 2.05) is 50.2 Å². The van der Waals surface area contributed by atoms with E-state index in [-0.39, 0.29) is 5.91 Å². The molecule has 26 heavy (non-hydrogen) atoms. The van der Waals surface area contributed by atoms with E-state index in [4.69, 9.17) is 27.9 Å². The summed E-state index contributed by atoms with van der Waals surface area (Å²) in [6, 6.07) is 11.5. The van der Waals surface area contributed by atoms with Crippen LogP contribution in [0.5, 0.6) is 5.75 Å². The van der Waals surface area contributed by atoms with Gasteiger partial charge in [0.15, 0.2) is 6.10 Å². The molecule has 1 amide bonds. The number of ether oxygens (including phenoxy) is 1. The zero-order valence-electron chi connectivity index (χ0n) is 15.1. The highest BCUT2D eigenvalue weighted by molar-refractivity contribution is 7.98. The molecule has 1 N–H and O–H groups in total. The Labute approximate surface area is 169 Å². The molecule has 2 rings (SSSR count). The van der Waals surface area contributed by atoms with Crippen LogP contribution in [0.3, 0.4) is 0 Å². The van der Waals surface area contributed by atoms with Crippen molar-refractivity contribution >= 4 is 40.9 Å². The highest BCUT2D eigenvalue weighted by Gasteiger charge is 2.15. The molecule has 1 atom stereocenters. The Kier molecular flexibility index (Phi) is 8.14.